The third-order valence-electron chi connectivity index (χ3n) is 3.91. The third-order valence-corrected chi connectivity index (χ3v) is 5.33. The van der Waals surface area contributed by atoms with Gasteiger partial charge in [0, 0.05) is 0 Å². The van der Waals surface area contributed by atoms with Crippen molar-refractivity contribution in [3.63, 3.8) is 0 Å². The lowest BCUT2D eigenvalue weighted by molar-refractivity contribution is 0.586. The smallest absolute Gasteiger partial charge is 0.0353 e. The van der Waals surface area contributed by atoms with Crippen molar-refractivity contribution in [3.8, 4) is 0 Å². The molecule has 0 aromatic carbocycles. The minimum absolute atomic E-state index is 1.26. The van der Waals surface area contributed by atoms with E-state index in [2.05, 4.69) is 13.8 Å². The average molecular weight is 286 g/mol. The van der Waals surface area contributed by atoms with Crippen LogP contribution in [0.5, 0.6) is 0 Å². The van der Waals surface area contributed by atoms with Crippen molar-refractivity contribution >= 4 is 8.58 Å². The van der Waals surface area contributed by atoms with E-state index in [0.29, 0.717) is 0 Å². The number of unbranched alkanes of at least 4 members (excludes halogenated alkanes) is 12. The summed E-state index contributed by atoms with van der Waals surface area (Å²) in [4.78, 5) is 0. The highest BCUT2D eigenvalue weighted by Crippen LogP contribution is 2.18. The molecule has 0 amide bonds. The van der Waals surface area contributed by atoms with Crippen LogP contribution in [0.1, 0.15) is 104 Å². The number of rotatable bonds is 16. The van der Waals surface area contributed by atoms with Gasteiger partial charge in [0.25, 0.3) is 0 Å². The molecule has 0 saturated carbocycles. The van der Waals surface area contributed by atoms with Crippen molar-refractivity contribution in [1.82, 2.24) is 0 Å². The lowest BCUT2D eigenvalue weighted by Crippen LogP contribution is -1.85. The zero-order valence-corrected chi connectivity index (χ0v) is 14.8. The molecule has 0 heterocycles. The van der Waals surface area contributed by atoms with Crippen molar-refractivity contribution in [1.29, 1.82) is 0 Å². The molecule has 0 fully saturated rings. The van der Waals surface area contributed by atoms with Gasteiger partial charge in [0.1, 0.15) is 0 Å². The topological polar surface area (TPSA) is 0 Å². The molecule has 0 aliphatic rings. The molecule has 0 spiro atoms. The van der Waals surface area contributed by atoms with Crippen LogP contribution in [-0.2, 0) is 0 Å². The van der Waals surface area contributed by atoms with E-state index in [1.54, 1.807) is 0 Å². The zero-order chi connectivity index (χ0) is 14.0. The monoisotopic (exact) mass is 286 g/mol. The van der Waals surface area contributed by atoms with Crippen LogP contribution in [0.2, 0.25) is 0 Å². The fourth-order valence-electron chi connectivity index (χ4n) is 2.54. The van der Waals surface area contributed by atoms with Gasteiger partial charge >= 0.3 is 0 Å². The van der Waals surface area contributed by atoms with Crippen molar-refractivity contribution in [3.05, 3.63) is 0 Å². The van der Waals surface area contributed by atoms with Crippen LogP contribution < -0.4 is 0 Å². The second-order valence-electron chi connectivity index (χ2n) is 5.99. The molecule has 0 bridgehead atoms. The van der Waals surface area contributed by atoms with Gasteiger partial charge in [-0.25, -0.2) is 0 Å². The van der Waals surface area contributed by atoms with Crippen LogP contribution in [-0.4, -0.2) is 12.3 Å². The van der Waals surface area contributed by atoms with Crippen LogP contribution in [0, 0.1) is 0 Å². The molecule has 1 heteroatoms. The summed E-state index contributed by atoms with van der Waals surface area (Å²) in [5.74, 6) is 0. The molecule has 0 saturated heterocycles. The molecule has 0 radical (unpaired) electrons. The van der Waals surface area contributed by atoms with Gasteiger partial charge in [0.05, 0.1) is 0 Å². The Balaban J connectivity index is 2.88. The highest BCUT2D eigenvalue weighted by atomic mass is 31.1. The van der Waals surface area contributed by atoms with Gasteiger partial charge in [-0.1, -0.05) is 90.9 Å². The summed E-state index contributed by atoms with van der Waals surface area (Å²) in [6, 6.07) is 0. The maximum atomic E-state index is 2.30. The Labute approximate surface area is 125 Å². The first-order valence-electron chi connectivity index (χ1n) is 9.12. The molecule has 0 nitrogen and oxygen atoms in total. The quantitative estimate of drug-likeness (QED) is 0.208. The second-order valence-corrected chi connectivity index (χ2v) is 7.49. The Morgan fingerprint density at radius 1 is 0.421 bits per heavy atom. The molecular formula is C18H39P. The number of hydrogen-bond donors (Lipinski definition) is 0. The van der Waals surface area contributed by atoms with Gasteiger partial charge in [0.2, 0.25) is 0 Å². The summed E-state index contributed by atoms with van der Waals surface area (Å²) in [6.45, 7) is 4.59. The molecule has 1 atom stereocenters. The van der Waals surface area contributed by atoms with Crippen molar-refractivity contribution in [2.45, 2.75) is 104 Å². The Hall–Kier alpha value is 0.430. The van der Waals surface area contributed by atoms with E-state index in [1.807, 2.05) is 0 Å². The summed E-state index contributed by atoms with van der Waals surface area (Å²) in [5.41, 5.74) is 0. The molecule has 116 valence electrons. The van der Waals surface area contributed by atoms with E-state index < -0.39 is 0 Å². The Bertz CT molecular complexity index is 129. The highest BCUT2D eigenvalue weighted by Gasteiger charge is 1.93. The van der Waals surface area contributed by atoms with E-state index in [4.69, 9.17) is 0 Å². The molecule has 0 aromatic rings. The summed E-state index contributed by atoms with van der Waals surface area (Å²) in [6.07, 6.45) is 23.5. The Morgan fingerprint density at radius 3 is 1.11 bits per heavy atom. The minimum atomic E-state index is 1.26. The summed E-state index contributed by atoms with van der Waals surface area (Å²) in [5, 5.41) is 0. The first-order chi connectivity index (χ1) is 9.41. The molecule has 0 N–H and O–H groups in total. The van der Waals surface area contributed by atoms with Crippen LogP contribution >= 0.6 is 8.58 Å². The summed E-state index contributed by atoms with van der Waals surface area (Å²) in [7, 11) is 1.26. The van der Waals surface area contributed by atoms with E-state index in [0.717, 1.165) is 0 Å². The van der Waals surface area contributed by atoms with E-state index in [-0.39, 0.29) is 0 Å². The molecule has 0 rings (SSSR count). The second kappa shape index (κ2) is 18.4. The Kier molecular flexibility index (Phi) is 18.8. The van der Waals surface area contributed by atoms with Gasteiger partial charge in [-0.2, -0.15) is 0 Å². The fourth-order valence-corrected chi connectivity index (χ4v) is 3.79. The van der Waals surface area contributed by atoms with Crippen LogP contribution in [0.4, 0.5) is 0 Å². The molecule has 0 aromatic heterocycles. The zero-order valence-electron chi connectivity index (χ0n) is 13.8. The summed E-state index contributed by atoms with van der Waals surface area (Å²) >= 11 is 0. The van der Waals surface area contributed by atoms with E-state index >= 15 is 0 Å². The van der Waals surface area contributed by atoms with E-state index in [9.17, 15) is 0 Å². The molecule has 0 aliphatic heterocycles. The summed E-state index contributed by atoms with van der Waals surface area (Å²) < 4.78 is 0. The van der Waals surface area contributed by atoms with Crippen LogP contribution in [0.15, 0.2) is 0 Å². The predicted molar refractivity (Wildman–Crippen MR) is 94.0 cm³/mol. The van der Waals surface area contributed by atoms with Crippen molar-refractivity contribution in [2.75, 3.05) is 12.3 Å². The van der Waals surface area contributed by atoms with Crippen molar-refractivity contribution < 1.29 is 0 Å². The maximum Gasteiger partial charge on any atom is -0.0353 e. The van der Waals surface area contributed by atoms with Crippen molar-refractivity contribution in [2.24, 2.45) is 0 Å². The first-order valence-corrected chi connectivity index (χ1v) is 10.5. The van der Waals surface area contributed by atoms with Gasteiger partial charge in [0.15, 0.2) is 0 Å². The molecule has 1 unspecified atom stereocenters. The largest absolute Gasteiger partial charge is 0.122 e. The van der Waals surface area contributed by atoms with Gasteiger partial charge in [-0.05, 0) is 25.2 Å². The van der Waals surface area contributed by atoms with Crippen LogP contribution in [0.3, 0.4) is 0 Å². The number of hydrogen-bond acceptors (Lipinski definition) is 0. The SMILES string of the molecule is CCCCCCCCCCPCCCCCCCC. The fraction of sp³-hybridized carbons (Fsp3) is 1.00. The standard InChI is InChI=1S/C18H39P/c1-3-5-7-9-11-12-14-16-18-19-17-15-13-10-8-6-4-2/h19H,3-18H2,1-2H3. The van der Waals surface area contributed by atoms with Gasteiger partial charge in [-0.3, -0.25) is 0 Å². The van der Waals surface area contributed by atoms with Gasteiger partial charge < -0.3 is 0 Å². The lowest BCUT2D eigenvalue weighted by Gasteiger charge is -2.03. The lowest BCUT2D eigenvalue weighted by atomic mass is 10.1. The Morgan fingerprint density at radius 2 is 0.737 bits per heavy atom. The molecule has 19 heavy (non-hydrogen) atoms. The predicted octanol–water partition coefficient (Wildman–Crippen LogP) is 7.17. The van der Waals surface area contributed by atoms with Gasteiger partial charge in [-0.15, -0.1) is 8.58 Å². The molecule has 0 aliphatic carbocycles. The maximum absolute atomic E-state index is 2.30. The normalized spacial score (nSPS) is 11.7. The first kappa shape index (κ1) is 19.4. The van der Waals surface area contributed by atoms with E-state index in [1.165, 1.54) is 111 Å². The third kappa shape index (κ3) is 18.4. The minimum Gasteiger partial charge on any atom is -0.122 e. The molecular weight excluding hydrogens is 247 g/mol. The highest BCUT2D eigenvalue weighted by molar-refractivity contribution is 7.37. The van der Waals surface area contributed by atoms with Crippen LogP contribution in [0.25, 0.3) is 0 Å². The average Bonchev–Trinajstić information content (AvgIpc) is 2.43.